The third-order valence-corrected chi connectivity index (χ3v) is 4.24. The number of amides is 1. The van der Waals surface area contributed by atoms with E-state index in [4.69, 9.17) is 0 Å². The highest BCUT2D eigenvalue weighted by molar-refractivity contribution is 5.99. The first-order chi connectivity index (χ1) is 14.4. The van der Waals surface area contributed by atoms with Crippen molar-refractivity contribution in [3.8, 4) is 0 Å². The molecule has 0 atom stereocenters. The lowest BCUT2D eigenvalue weighted by molar-refractivity contribution is -0.116. The molecule has 0 aliphatic heterocycles. The molecule has 0 aliphatic rings. The molecule has 3 rings (SSSR count). The van der Waals surface area contributed by atoms with Crippen LogP contribution in [-0.4, -0.2) is 47.1 Å². The maximum absolute atomic E-state index is 12.4. The van der Waals surface area contributed by atoms with E-state index >= 15 is 0 Å². The van der Waals surface area contributed by atoms with Crippen molar-refractivity contribution in [1.82, 2.24) is 15.0 Å². The summed E-state index contributed by atoms with van der Waals surface area (Å²) in [4.78, 5) is 48.4. The van der Waals surface area contributed by atoms with Gasteiger partial charge in [0.05, 0.1) is 37.3 Å². The number of benzene rings is 2. The van der Waals surface area contributed by atoms with Crippen molar-refractivity contribution in [2.75, 3.05) is 19.5 Å². The molecule has 0 bridgehead atoms. The largest absolute Gasteiger partial charge is 0.465 e. The van der Waals surface area contributed by atoms with Gasteiger partial charge in [0.2, 0.25) is 5.91 Å². The van der Waals surface area contributed by atoms with Crippen molar-refractivity contribution >= 4 is 34.4 Å². The van der Waals surface area contributed by atoms with Crippen LogP contribution in [0.1, 0.15) is 27.1 Å². The number of rotatable bonds is 6. The number of nitrogens with one attached hydrogen (secondary N) is 1. The molecule has 0 saturated carbocycles. The molecule has 0 spiro atoms. The van der Waals surface area contributed by atoms with Gasteiger partial charge in [-0.15, -0.1) is 5.10 Å². The third kappa shape index (κ3) is 4.49. The van der Waals surface area contributed by atoms with Crippen molar-refractivity contribution in [2.24, 2.45) is 0 Å². The zero-order valence-corrected chi connectivity index (χ0v) is 16.2. The minimum atomic E-state index is -0.672. The van der Waals surface area contributed by atoms with E-state index in [9.17, 15) is 19.2 Å². The van der Waals surface area contributed by atoms with Gasteiger partial charge in [-0.05, 0) is 30.3 Å². The molecule has 30 heavy (non-hydrogen) atoms. The van der Waals surface area contributed by atoms with Crippen LogP contribution in [0.4, 0.5) is 5.69 Å². The van der Waals surface area contributed by atoms with Crippen LogP contribution < -0.4 is 10.9 Å². The van der Waals surface area contributed by atoms with Gasteiger partial charge in [-0.1, -0.05) is 17.3 Å². The molecule has 10 heteroatoms. The second kappa shape index (κ2) is 8.95. The second-order valence-corrected chi connectivity index (χ2v) is 6.22. The maximum Gasteiger partial charge on any atom is 0.337 e. The molecule has 3 aromatic rings. The number of ether oxygens (including phenoxy) is 2. The molecular formula is C20H18N4O6. The van der Waals surface area contributed by atoms with Crippen LogP contribution in [0.2, 0.25) is 0 Å². The van der Waals surface area contributed by atoms with Gasteiger partial charge in [-0.2, -0.15) is 0 Å². The molecular weight excluding hydrogens is 392 g/mol. The minimum absolute atomic E-state index is 0.00303. The molecule has 0 aliphatic carbocycles. The highest BCUT2D eigenvalue weighted by atomic mass is 16.5. The molecule has 0 fully saturated rings. The summed E-state index contributed by atoms with van der Waals surface area (Å²) in [7, 11) is 2.40. The van der Waals surface area contributed by atoms with Crippen LogP contribution in [0, 0.1) is 0 Å². The summed E-state index contributed by atoms with van der Waals surface area (Å²) < 4.78 is 10.4. The van der Waals surface area contributed by atoms with E-state index in [0.29, 0.717) is 10.9 Å². The molecule has 0 unspecified atom stereocenters. The quantitative estimate of drug-likeness (QED) is 0.604. The lowest BCUT2D eigenvalue weighted by atomic mass is 10.1. The molecule has 154 valence electrons. The molecule has 0 radical (unpaired) electrons. The van der Waals surface area contributed by atoms with Crippen molar-refractivity contribution in [3.63, 3.8) is 0 Å². The van der Waals surface area contributed by atoms with Gasteiger partial charge in [0, 0.05) is 12.1 Å². The number of methoxy groups -OCH3 is 2. The average molecular weight is 410 g/mol. The predicted molar refractivity (Wildman–Crippen MR) is 106 cm³/mol. The van der Waals surface area contributed by atoms with Crippen LogP contribution in [-0.2, 0) is 20.8 Å². The van der Waals surface area contributed by atoms with E-state index in [0.717, 1.165) is 4.68 Å². The highest BCUT2D eigenvalue weighted by Gasteiger charge is 2.15. The van der Waals surface area contributed by atoms with E-state index in [1.54, 1.807) is 24.3 Å². The number of carbonyl (C=O) groups excluding carboxylic acids is 3. The Kier molecular flexibility index (Phi) is 6.16. The van der Waals surface area contributed by atoms with Gasteiger partial charge in [0.15, 0.2) is 0 Å². The summed E-state index contributed by atoms with van der Waals surface area (Å²) in [6.45, 7) is 0.00303. The number of anilines is 1. The number of fused-ring (bicyclic) bond motifs is 1. The SMILES string of the molecule is COC(=O)c1cc(NC(=O)CCn2nnc3ccccc3c2=O)cc(C(=O)OC)c1. The number of carbonyl (C=O) groups is 3. The molecule has 0 saturated heterocycles. The van der Waals surface area contributed by atoms with Gasteiger partial charge in [-0.25, -0.2) is 14.3 Å². The first kappa shape index (κ1) is 20.6. The highest BCUT2D eigenvalue weighted by Crippen LogP contribution is 2.17. The predicted octanol–water partition coefficient (Wildman–Crippen LogP) is 1.39. The standard InChI is InChI=1S/C20H18N4O6/c1-29-19(27)12-9-13(20(28)30-2)11-14(10-12)21-17(25)7-8-24-18(26)15-5-3-4-6-16(15)22-23-24/h3-6,9-11H,7-8H2,1-2H3,(H,21,25). The Hall–Kier alpha value is -4.08. The number of hydrogen-bond donors (Lipinski definition) is 1. The number of esters is 2. The Morgan fingerprint density at radius 1 is 1.00 bits per heavy atom. The minimum Gasteiger partial charge on any atom is -0.465 e. The zero-order valence-electron chi connectivity index (χ0n) is 16.2. The van der Waals surface area contributed by atoms with Crippen LogP contribution in [0.25, 0.3) is 10.9 Å². The van der Waals surface area contributed by atoms with Gasteiger partial charge in [0.1, 0.15) is 5.52 Å². The Morgan fingerprint density at radius 2 is 1.63 bits per heavy atom. The Bertz CT molecular complexity index is 1150. The fourth-order valence-electron chi connectivity index (χ4n) is 2.77. The summed E-state index contributed by atoms with van der Waals surface area (Å²) in [5.74, 6) is -1.79. The number of aromatic nitrogens is 3. The zero-order chi connectivity index (χ0) is 21.7. The van der Waals surface area contributed by atoms with E-state index in [-0.39, 0.29) is 35.3 Å². The van der Waals surface area contributed by atoms with E-state index < -0.39 is 17.8 Å². The molecule has 10 nitrogen and oxygen atoms in total. The van der Waals surface area contributed by atoms with E-state index in [1.807, 2.05) is 0 Å². The smallest absolute Gasteiger partial charge is 0.337 e. The number of nitrogens with zero attached hydrogens (tertiary/aromatic N) is 3. The molecule has 1 aromatic heterocycles. The molecule has 2 aromatic carbocycles. The lowest BCUT2D eigenvalue weighted by Gasteiger charge is -2.10. The van der Waals surface area contributed by atoms with Crippen molar-refractivity contribution < 1.29 is 23.9 Å². The number of hydrogen-bond acceptors (Lipinski definition) is 8. The number of aryl methyl sites for hydroxylation is 1. The summed E-state index contributed by atoms with van der Waals surface area (Å²) in [5.41, 5.74) is 0.479. The third-order valence-electron chi connectivity index (χ3n) is 4.24. The van der Waals surface area contributed by atoms with Crippen molar-refractivity contribution in [3.05, 3.63) is 63.9 Å². The van der Waals surface area contributed by atoms with Gasteiger partial charge < -0.3 is 14.8 Å². The van der Waals surface area contributed by atoms with E-state index in [1.165, 1.54) is 32.4 Å². The average Bonchev–Trinajstić information content (AvgIpc) is 2.77. The van der Waals surface area contributed by atoms with Crippen LogP contribution >= 0.6 is 0 Å². The summed E-state index contributed by atoms with van der Waals surface area (Å²) in [5, 5.41) is 10.8. The summed E-state index contributed by atoms with van der Waals surface area (Å²) >= 11 is 0. The van der Waals surface area contributed by atoms with Crippen LogP contribution in [0.3, 0.4) is 0 Å². The summed E-state index contributed by atoms with van der Waals surface area (Å²) in [6, 6.07) is 10.8. The molecule has 1 heterocycles. The molecule has 1 amide bonds. The lowest BCUT2D eigenvalue weighted by Crippen LogP contribution is -2.26. The van der Waals surface area contributed by atoms with Gasteiger partial charge in [-0.3, -0.25) is 9.59 Å². The van der Waals surface area contributed by atoms with Gasteiger partial charge in [0.25, 0.3) is 5.56 Å². The topological polar surface area (TPSA) is 129 Å². The van der Waals surface area contributed by atoms with Crippen LogP contribution in [0.15, 0.2) is 47.3 Å². The normalized spacial score (nSPS) is 10.5. The first-order valence-electron chi connectivity index (χ1n) is 8.87. The van der Waals surface area contributed by atoms with Crippen molar-refractivity contribution in [1.29, 1.82) is 0 Å². The van der Waals surface area contributed by atoms with E-state index in [2.05, 4.69) is 25.1 Å². The van der Waals surface area contributed by atoms with Gasteiger partial charge >= 0.3 is 11.9 Å². The second-order valence-electron chi connectivity index (χ2n) is 6.22. The Balaban J connectivity index is 1.76. The summed E-state index contributed by atoms with van der Waals surface area (Å²) in [6.07, 6.45) is -0.0804. The molecule has 1 N–H and O–H groups in total. The van der Waals surface area contributed by atoms with Crippen LogP contribution in [0.5, 0.6) is 0 Å². The Morgan fingerprint density at radius 3 is 2.27 bits per heavy atom. The van der Waals surface area contributed by atoms with Crippen molar-refractivity contribution in [2.45, 2.75) is 13.0 Å². The fourth-order valence-corrected chi connectivity index (χ4v) is 2.77. The fraction of sp³-hybridized carbons (Fsp3) is 0.200. The first-order valence-corrected chi connectivity index (χ1v) is 8.87. The Labute approximate surface area is 170 Å². The maximum atomic E-state index is 12.4. The monoisotopic (exact) mass is 410 g/mol.